The molecule has 4 rings (SSSR count). The van der Waals surface area contributed by atoms with Gasteiger partial charge in [0.05, 0.1) is 18.2 Å². The molecule has 0 radical (unpaired) electrons. The van der Waals surface area contributed by atoms with Gasteiger partial charge >= 0.3 is 5.97 Å². The lowest BCUT2D eigenvalue weighted by atomic mass is 9.94. The smallest absolute Gasteiger partial charge is 0.308 e. The van der Waals surface area contributed by atoms with Crippen molar-refractivity contribution in [2.24, 2.45) is 0 Å². The summed E-state index contributed by atoms with van der Waals surface area (Å²) in [4.78, 5) is 41.4. The molecule has 35 heavy (non-hydrogen) atoms. The molecule has 8 nitrogen and oxygen atoms in total. The molecule has 1 atom stereocenters. The highest BCUT2D eigenvalue weighted by atomic mass is 16.5. The molecule has 0 spiro atoms. The zero-order valence-electron chi connectivity index (χ0n) is 20.2. The predicted octanol–water partition coefficient (Wildman–Crippen LogP) is 3.31. The molecule has 1 N–H and O–H groups in total. The first kappa shape index (κ1) is 24.5. The van der Waals surface area contributed by atoms with Crippen LogP contribution in [-0.4, -0.2) is 65.4 Å². The fourth-order valence-electron chi connectivity index (χ4n) is 4.62. The van der Waals surface area contributed by atoms with Gasteiger partial charge in [0.15, 0.2) is 0 Å². The van der Waals surface area contributed by atoms with E-state index >= 15 is 0 Å². The van der Waals surface area contributed by atoms with Gasteiger partial charge in [0, 0.05) is 32.0 Å². The highest BCUT2D eigenvalue weighted by Crippen LogP contribution is 2.40. The highest BCUT2D eigenvalue weighted by Gasteiger charge is 2.46. The Bertz CT molecular complexity index is 1170. The van der Waals surface area contributed by atoms with Gasteiger partial charge < -0.3 is 24.4 Å². The predicted molar refractivity (Wildman–Crippen MR) is 130 cm³/mol. The van der Waals surface area contributed by atoms with Crippen LogP contribution < -0.4 is 9.47 Å². The van der Waals surface area contributed by atoms with Crippen molar-refractivity contribution in [3.8, 4) is 11.5 Å². The van der Waals surface area contributed by atoms with Gasteiger partial charge in [0.25, 0.3) is 11.7 Å². The summed E-state index contributed by atoms with van der Waals surface area (Å²) >= 11 is 0. The molecule has 2 aromatic rings. The van der Waals surface area contributed by atoms with Gasteiger partial charge in [-0.05, 0) is 54.5 Å². The minimum Gasteiger partial charge on any atom is -0.507 e. The number of ketones is 1. The van der Waals surface area contributed by atoms with Gasteiger partial charge in [0.1, 0.15) is 17.3 Å². The second kappa shape index (κ2) is 10.3. The van der Waals surface area contributed by atoms with Gasteiger partial charge in [-0.15, -0.1) is 0 Å². The van der Waals surface area contributed by atoms with Crippen molar-refractivity contribution >= 4 is 23.4 Å². The molecule has 2 aromatic carbocycles. The summed E-state index contributed by atoms with van der Waals surface area (Å²) in [6.45, 7) is 8.54. The van der Waals surface area contributed by atoms with Crippen LogP contribution in [0.3, 0.4) is 0 Å². The molecule has 0 bridgehead atoms. The van der Waals surface area contributed by atoms with Crippen molar-refractivity contribution in [2.75, 3.05) is 32.8 Å². The number of aliphatic hydroxyl groups excluding tert-OH is 1. The summed E-state index contributed by atoms with van der Waals surface area (Å²) in [5.74, 6) is -0.884. The summed E-state index contributed by atoms with van der Waals surface area (Å²) in [7, 11) is 0. The van der Waals surface area contributed by atoms with E-state index in [4.69, 9.17) is 9.47 Å². The lowest BCUT2D eigenvalue weighted by Crippen LogP contribution is -2.38. The summed E-state index contributed by atoms with van der Waals surface area (Å²) in [5, 5.41) is 11.3. The Morgan fingerprint density at radius 1 is 1.14 bits per heavy atom. The fraction of sp³-hybridized carbons (Fsp3) is 0.370. The van der Waals surface area contributed by atoms with Gasteiger partial charge in [0.2, 0.25) is 0 Å². The number of rotatable bonds is 8. The largest absolute Gasteiger partial charge is 0.507 e. The maximum Gasteiger partial charge on any atom is 0.308 e. The Kier molecular flexibility index (Phi) is 7.21. The molecule has 1 fully saturated rings. The number of hydrogen-bond acceptors (Lipinski definition) is 7. The lowest BCUT2D eigenvalue weighted by molar-refractivity contribution is -0.140. The number of esters is 1. The molecule has 1 unspecified atom stereocenters. The average molecular weight is 479 g/mol. The first-order valence-corrected chi connectivity index (χ1v) is 11.9. The number of amides is 1. The molecule has 0 saturated carbocycles. The number of hydrogen-bond donors (Lipinski definition) is 1. The van der Waals surface area contributed by atoms with E-state index in [0.717, 1.165) is 30.8 Å². The minimum atomic E-state index is -0.763. The van der Waals surface area contributed by atoms with E-state index < -0.39 is 23.7 Å². The molecule has 2 aliphatic heterocycles. The Labute approximate surface area is 204 Å². The number of nitrogens with zero attached hydrogens (tertiary/aromatic N) is 2. The highest BCUT2D eigenvalue weighted by molar-refractivity contribution is 6.46. The van der Waals surface area contributed by atoms with Crippen LogP contribution in [0.1, 0.15) is 43.5 Å². The Hall–Kier alpha value is -3.65. The van der Waals surface area contributed by atoms with Crippen molar-refractivity contribution in [3.63, 3.8) is 0 Å². The quantitative estimate of drug-likeness (QED) is 0.204. The van der Waals surface area contributed by atoms with E-state index in [2.05, 4.69) is 4.90 Å². The van der Waals surface area contributed by atoms with Crippen LogP contribution in [0.4, 0.5) is 0 Å². The number of carbonyl (C=O) groups is 3. The maximum absolute atomic E-state index is 13.2. The molecular weight excluding hydrogens is 448 g/mol. The second-order valence-corrected chi connectivity index (χ2v) is 8.60. The molecule has 0 aromatic heterocycles. The molecule has 8 heteroatoms. The molecule has 184 valence electrons. The van der Waals surface area contributed by atoms with Crippen LogP contribution in [0.15, 0.2) is 48.0 Å². The van der Waals surface area contributed by atoms with Crippen molar-refractivity contribution in [3.05, 3.63) is 64.7 Å². The number of Topliss-reactive ketones (excluding diaryl/α,β-unsaturated/α-hetero) is 1. The van der Waals surface area contributed by atoms with E-state index in [1.54, 1.807) is 36.4 Å². The first-order chi connectivity index (χ1) is 16.8. The molecular formula is C27H30N2O6. The van der Waals surface area contributed by atoms with E-state index in [9.17, 15) is 19.5 Å². The summed E-state index contributed by atoms with van der Waals surface area (Å²) in [5.41, 5.74) is 2.11. The van der Waals surface area contributed by atoms with Crippen LogP contribution in [0.5, 0.6) is 11.5 Å². The Morgan fingerprint density at radius 3 is 2.51 bits per heavy atom. The van der Waals surface area contributed by atoms with Crippen molar-refractivity contribution in [1.29, 1.82) is 0 Å². The van der Waals surface area contributed by atoms with E-state index in [1.165, 1.54) is 11.8 Å². The third-order valence-electron chi connectivity index (χ3n) is 6.51. The van der Waals surface area contributed by atoms with Crippen molar-refractivity contribution in [2.45, 2.75) is 33.2 Å². The average Bonchev–Trinajstić information content (AvgIpc) is 3.42. The van der Waals surface area contributed by atoms with E-state index in [0.29, 0.717) is 36.6 Å². The fourth-order valence-corrected chi connectivity index (χ4v) is 4.62. The Morgan fingerprint density at radius 2 is 1.86 bits per heavy atom. The summed E-state index contributed by atoms with van der Waals surface area (Å²) < 4.78 is 10.7. The van der Waals surface area contributed by atoms with E-state index in [-0.39, 0.29) is 11.3 Å². The number of ether oxygens (including phenoxy) is 2. The lowest BCUT2D eigenvalue weighted by Gasteiger charge is -2.28. The molecule has 0 aliphatic carbocycles. The van der Waals surface area contributed by atoms with Crippen molar-refractivity contribution in [1.82, 2.24) is 9.80 Å². The van der Waals surface area contributed by atoms with Gasteiger partial charge in [-0.1, -0.05) is 26.0 Å². The number of likely N-dealkylation sites (N-methyl/N-ethyl adjacent to an activating group) is 1. The van der Waals surface area contributed by atoms with Crippen LogP contribution >= 0.6 is 0 Å². The third kappa shape index (κ3) is 4.93. The third-order valence-corrected chi connectivity index (χ3v) is 6.51. The second-order valence-electron chi connectivity index (χ2n) is 8.60. The number of benzene rings is 2. The number of aliphatic hydroxyl groups is 1. The Balaban J connectivity index is 1.77. The monoisotopic (exact) mass is 478 g/mol. The summed E-state index contributed by atoms with van der Waals surface area (Å²) in [6, 6.07) is 11.2. The first-order valence-electron chi connectivity index (χ1n) is 11.9. The minimum absolute atomic E-state index is 0.0497. The van der Waals surface area contributed by atoms with Crippen LogP contribution in [0.2, 0.25) is 0 Å². The molecule has 2 heterocycles. The molecule has 1 saturated heterocycles. The normalized spacial score (nSPS) is 18.6. The topological polar surface area (TPSA) is 96.4 Å². The summed E-state index contributed by atoms with van der Waals surface area (Å²) in [6.07, 6.45) is 0.718. The van der Waals surface area contributed by atoms with Crippen LogP contribution in [0.25, 0.3) is 5.76 Å². The van der Waals surface area contributed by atoms with Gasteiger partial charge in [-0.3, -0.25) is 14.4 Å². The number of likely N-dealkylation sites (tertiary alicyclic amines) is 1. The van der Waals surface area contributed by atoms with Crippen molar-refractivity contribution < 1.29 is 29.0 Å². The van der Waals surface area contributed by atoms with Gasteiger partial charge in [-0.25, -0.2) is 0 Å². The standard InChI is InChI=1S/C27H30N2O6/c1-4-28(5-2)13-14-29-24(18-6-9-21(10-7-18)35-17(3)30)23(26(32)27(29)33)25(31)20-8-11-22-19(16-20)12-15-34-22/h6-11,16,24,31H,4-5,12-15H2,1-3H3/b25-23-. The maximum atomic E-state index is 13.2. The number of carbonyl (C=O) groups excluding carboxylic acids is 3. The van der Waals surface area contributed by atoms with Crippen LogP contribution in [0, 0.1) is 0 Å². The SMILES string of the molecule is CCN(CC)CCN1C(=O)C(=O)/C(=C(\O)c2ccc3c(c2)CCO3)C1c1ccc(OC(C)=O)cc1. The molecule has 1 amide bonds. The van der Waals surface area contributed by atoms with Gasteiger partial charge in [-0.2, -0.15) is 0 Å². The van der Waals surface area contributed by atoms with E-state index in [1.807, 2.05) is 19.9 Å². The number of fused-ring (bicyclic) bond motifs is 1. The molecule has 2 aliphatic rings. The van der Waals surface area contributed by atoms with Crippen LogP contribution in [-0.2, 0) is 20.8 Å². The zero-order chi connectivity index (χ0) is 25.1. The zero-order valence-corrected chi connectivity index (χ0v) is 20.2.